The molecule has 0 saturated carbocycles. The van der Waals surface area contributed by atoms with Crippen molar-refractivity contribution in [3.63, 3.8) is 0 Å². The molecular formula is C16H21N3O. The third-order valence-corrected chi connectivity index (χ3v) is 3.21. The Hall–Kier alpha value is -2.23. The maximum atomic E-state index is 11.8. The van der Waals surface area contributed by atoms with Crippen molar-refractivity contribution in [2.24, 2.45) is 7.05 Å². The smallest absolute Gasteiger partial charge is 0.251 e. The second kappa shape index (κ2) is 6.28. The second-order valence-electron chi connectivity index (χ2n) is 4.93. The summed E-state index contributed by atoms with van der Waals surface area (Å²) in [6.07, 6.45) is 4.10. The van der Waals surface area contributed by atoms with Gasteiger partial charge in [0, 0.05) is 43.8 Å². The van der Waals surface area contributed by atoms with Gasteiger partial charge in [-0.05, 0) is 43.2 Å². The number of hydrogen-bond donors (Lipinski definition) is 2. The van der Waals surface area contributed by atoms with E-state index in [2.05, 4.69) is 22.9 Å². The van der Waals surface area contributed by atoms with Gasteiger partial charge in [0.05, 0.1) is 0 Å². The maximum absolute atomic E-state index is 11.8. The summed E-state index contributed by atoms with van der Waals surface area (Å²) in [5.41, 5.74) is 4.04. The van der Waals surface area contributed by atoms with Crippen molar-refractivity contribution >= 4 is 11.6 Å². The monoisotopic (exact) mass is 271 g/mol. The topological polar surface area (TPSA) is 46.1 Å². The number of anilines is 1. The zero-order valence-electron chi connectivity index (χ0n) is 12.2. The first-order valence-corrected chi connectivity index (χ1v) is 6.83. The first-order valence-electron chi connectivity index (χ1n) is 6.83. The minimum absolute atomic E-state index is 0.0322. The highest BCUT2D eigenvalue weighted by Crippen LogP contribution is 2.18. The molecule has 0 aliphatic rings. The lowest BCUT2D eigenvalue weighted by Gasteiger charge is -2.11. The molecule has 0 spiro atoms. The molecule has 4 nitrogen and oxygen atoms in total. The largest absolute Gasteiger partial charge is 0.381 e. The van der Waals surface area contributed by atoms with Gasteiger partial charge < -0.3 is 15.2 Å². The SMILES string of the molecule is CCNC(=O)c1ccc(C)c(NCc2ccn(C)c2)c1. The van der Waals surface area contributed by atoms with Crippen molar-refractivity contribution in [3.8, 4) is 0 Å². The fourth-order valence-corrected chi connectivity index (χ4v) is 2.08. The van der Waals surface area contributed by atoms with Crippen LogP contribution < -0.4 is 10.6 Å². The summed E-state index contributed by atoms with van der Waals surface area (Å²) in [5, 5.41) is 6.20. The van der Waals surface area contributed by atoms with Gasteiger partial charge in [-0.25, -0.2) is 0 Å². The number of nitrogens with zero attached hydrogens (tertiary/aromatic N) is 1. The highest BCUT2D eigenvalue weighted by Gasteiger charge is 2.07. The van der Waals surface area contributed by atoms with Gasteiger partial charge >= 0.3 is 0 Å². The Morgan fingerprint density at radius 2 is 2.10 bits per heavy atom. The van der Waals surface area contributed by atoms with Crippen LogP contribution in [0.5, 0.6) is 0 Å². The van der Waals surface area contributed by atoms with Crippen molar-refractivity contribution in [2.45, 2.75) is 20.4 Å². The van der Waals surface area contributed by atoms with E-state index in [0.717, 1.165) is 17.8 Å². The van der Waals surface area contributed by atoms with Crippen LogP contribution in [0.2, 0.25) is 0 Å². The van der Waals surface area contributed by atoms with Gasteiger partial charge in [-0.3, -0.25) is 4.79 Å². The Kier molecular flexibility index (Phi) is 4.45. The normalized spacial score (nSPS) is 10.3. The number of hydrogen-bond acceptors (Lipinski definition) is 2. The molecule has 0 atom stereocenters. The predicted octanol–water partition coefficient (Wildman–Crippen LogP) is 2.70. The Morgan fingerprint density at radius 3 is 2.75 bits per heavy atom. The van der Waals surface area contributed by atoms with E-state index in [1.807, 2.05) is 49.9 Å². The van der Waals surface area contributed by atoms with Crippen molar-refractivity contribution in [1.29, 1.82) is 0 Å². The van der Waals surface area contributed by atoms with Crippen LogP contribution in [0, 0.1) is 6.92 Å². The van der Waals surface area contributed by atoms with Crippen molar-refractivity contribution in [3.05, 3.63) is 53.3 Å². The minimum Gasteiger partial charge on any atom is -0.381 e. The standard InChI is InChI=1S/C16H21N3O/c1-4-17-16(20)14-6-5-12(2)15(9-14)18-10-13-7-8-19(3)11-13/h5-9,11,18H,4,10H2,1-3H3,(H,17,20). The van der Waals surface area contributed by atoms with E-state index in [1.165, 1.54) is 5.56 Å². The molecule has 0 saturated heterocycles. The summed E-state index contributed by atoms with van der Waals surface area (Å²) in [5.74, 6) is -0.0322. The van der Waals surface area contributed by atoms with Crippen LogP contribution in [-0.4, -0.2) is 17.0 Å². The van der Waals surface area contributed by atoms with Crippen molar-refractivity contribution < 1.29 is 4.79 Å². The third kappa shape index (κ3) is 3.41. The van der Waals surface area contributed by atoms with Crippen LogP contribution in [0.15, 0.2) is 36.7 Å². The van der Waals surface area contributed by atoms with Gasteiger partial charge in [-0.2, -0.15) is 0 Å². The fourth-order valence-electron chi connectivity index (χ4n) is 2.08. The summed E-state index contributed by atoms with van der Waals surface area (Å²) in [6, 6.07) is 7.81. The van der Waals surface area contributed by atoms with E-state index in [1.54, 1.807) is 0 Å². The van der Waals surface area contributed by atoms with Gasteiger partial charge in [0.1, 0.15) is 0 Å². The molecule has 1 amide bonds. The lowest BCUT2D eigenvalue weighted by Crippen LogP contribution is -2.22. The van der Waals surface area contributed by atoms with E-state index < -0.39 is 0 Å². The summed E-state index contributed by atoms with van der Waals surface area (Å²) in [4.78, 5) is 11.8. The van der Waals surface area contributed by atoms with E-state index in [9.17, 15) is 4.79 Å². The molecule has 1 heterocycles. The number of carbonyl (C=O) groups is 1. The number of benzene rings is 1. The molecule has 2 N–H and O–H groups in total. The Labute approximate surface area is 119 Å². The highest BCUT2D eigenvalue weighted by molar-refractivity contribution is 5.95. The number of rotatable bonds is 5. The molecule has 2 rings (SSSR count). The fraction of sp³-hybridized carbons (Fsp3) is 0.312. The molecular weight excluding hydrogens is 250 g/mol. The van der Waals surface area contributed by atoms with E-state index >= 15 is 0 Å². The second-order valence-corrected chi connectivity index (χ2v) is 4.93. The molecule has 0 aliphatic heterocycles. The van der Waals surface area contributed by atoms with Gasteiger partial charge in [0.15, 0.2) is 0 Å². The first-order chi connectivity index (χ1) is 9.60. The van der Waals surface area contributed by atoms with Crippen molar-refractivity contribution in [1.82, 2.24) is 9.88 Å². The van der Waals surface area contributed by atoms with Crippen LogP contribution in [0.25, 0.3) is 0 Å². The van der Waals surface area contributed by atoms with Gasteiger partial charge in [-0.1, -0.05) is 6.07 Å². The number of aryl methyl sites for hydroxylation is 2. The number of nitrogens with one attached hydrogen (secondary N) is 2. The highest BCUT2D eigenvalue weighted by atomic mass is 16.1. The number of carbonyl (C=O) groups excluding carboxylic acids is 1. The van der Waals surface area contributed by atoms with E-state index in [-0.39, 0.29) is 5.91 Å². The van der Waals surface area contributed by atoms with Gasteiger partial charge in [-0.15, -0.1) is 0 Å². The van der Waals surface area contributed by atoms with Gasteiger partial charge in [0.2, 0.25) is 0 Å². The molecule has 2 aromatic rings. The molecule has 1 aromatic carbocycles. The molecule has 0 radical (unpaired) electrons. The Morgan fingerprint density at radius 1 is 1.30 bits per heavy atom. The molecule has 1 aromatic heterocycles. The first kappa shape index (κ1) is 14.2. The van der Waals surface area contributed by atoms with Crippen LogP contribution in [-0.2, 0) is 13.6 Å². The molecule has 0 bridgehead atoms. The van der Waals surface area contributed by atoms with Crippen LogP contribution in [0.4, 0.5) is 5.69 Å². The molecule has 106 valence electrons. The number of amides is 1. The zero-order valence-corrected chi connectivity index (χ0v) is 12.2. The molecule has 0 aliphatic carbocycles. The molecule has 0 unspecified atom stereocenters. The van der Waals surface area contributed by atoms with E-state index in [4.69, 9.17) is 0 Å². The predicted molar refractivity (Wildman–Crippen MR) is 81.9 cm³/mol. The Bertz CT molecular complexity index is 602. The quantitative estimate of drug-likeness (QED) is 0.878. The molecule has 4 heteroatoms. The van der Waals surface area contributed by atoms with Gasteiger partial charge in [0.25, 0.3) is 5.91 Å². The van der Waals surface area contributed by atoms with E-state index in [0.29, 0.717) is 12.1 Å². The zero-order chi connectivity index (χ0) is 14.5. The lowest BCUT2D eigenvalue weighted by atomic mass is 10.1. The average Bonchev–Trinajstić information content (AvgIpc) is 2.84. The van der Waals surface area contributed by atoms with Crippen molar-refractivity contribution in [2.75, 3.05) is 11.9 Å². The summed E-state index contributed by atoms with van der Waals surface area (Å²) >= 11 is 0. The number of aromatic nitrogens is 1. The Balaban J connectivity index is 2.10. The molecule has 20 heavy (non-hydrogen) atoms. The van der Waals surface area contributed by atoms with Crippen LogP contribution in [0.3, 0.4) is 0 Å². The van der Waals surface area contributed by atoms with Crippen LogP contribution >= 0.6 is 0 Å². The lowest BCUT2D eigenvalue weighted by molar-refractivity contribution is 0.0956. The minimum atomic E-state index is -0.0322. The summed E-state index contributed by atoms with van der Waals surface area (Å²) < 4.78 is 2.02. The van der Waals surface area contributed by atoms with Crippen LogP contribution in [0.1, 0.15) is 28.4 Å². The third-order valence-electron chi connectivity index (χ3n) is 3.21. The average molecular weight is 271 g/mol. The maximum Gasteiger partial charge on any atom is 0.251 e. The molecule has 0 fully saturated rings. The summed E-state index contributed by atoms with van der Waals surface area (Å²) in [7, 11) is 2.00. The summed E-state index contributed by atoms with van der Waals surface area (Å²) in [6.45, 7) is 5.34.